The molecule has 1 aromatic carbocycles. The van der Waals surface area contributed by atoms with Crippen LogP contribution < -0.4 is 5.43 Å². The number of aromatic nitrogens is 1. The molecule has 2 aromatic rings. The van der Waals surface area contributed by atoms with Crippen molar-refractivity contribution in [1.82, 2.24) is 10.4 Å². The van der Waals surface area contributed by atoms with Crippen molar-refractivity contribution in [3.8, 4) is 0 Å². The van der Waals surface area contributed by atoms with E-state index < -0.39 is 10.8 Å². The number of amides is 1. The third-order valence-electron chi connectivity index (χ3n) is 2.72. The molecule has 0 aliphatic carbocycles. The van der Waals surface area contributed by atoms with Gasteiger partial charge < -0.3 is 0 Å². The number of pyridine rings is 1. The molecule has 7 heteroatoms. The van der Waals surface area contributed by atoms with Crippen LogP contribution in [-0.4, -0.2) is 21.5 Å². The van der Waals surface area contributed by atoms with Crippen LogP contribution in [0.5, 0.6) is 0 Å². The fourth-order valence-corrected chi connectivity index (χ4v) is 1.58. The van der Waals surface area contributed by atoms with E-state index in [1.807, 2.05) is 0 Å². The number of nitrogens with one attached hydrogen (secondary N) is 1. The number of benzene rings is 1. The Labute approximate surface area is 120 Å². The summed E-state index contributed by atoms with van der Waals surface area (Å²) in [5.41, 5.74) is 3.87. The van der Waals surface area contributed by atoms with E-state index >= 15 is 0 Å². The minimum atomic E-state index is -0.473. The highest BCUT2D eigenvalue weighted by Crippen LogP contribution is 2.12. The fourth-order valence-electron chi connectivity index (χ4n) is 1.58. The van der Waals surface area contributed by atoms with E-state index in [2.05, 4.69) is 15.5 Å². The Bertz CT molecular complexity index is 681. The molecular formula is C14H12N4O3. The summed E-state index contributed by atoms with van der Waals surface area (Å²) in [5, 5.41) is 14.5. The molecule has 1 N–H and O–H groups in total. The van der Waals surface area contributed by atoms with Gasteiger partial charge in [0.1, 0.15) is 5.69 Å². The van der Waals surface area contributed by atoms with E-state index in [0.717, 1.165) is 0 Å². The van der Waals surface area contributed by atoms with E-state index in [1.54, 1.807) is 37.3 Å². The zero-order valence-electron chi connectivity index (χ0n) is 11.2. The molecular weight excluding hydrogens is 272 g/mol. The second-order valence-corrected chi connectivity index (χ2v) is 4.16. The van der Waals surface area contributed by atoms with Crippen molar-refractivity contribution in [3.05, 3.63) is 70.0 Å². The molecule has 0 bridgehead atoms. The second-order valence-electron chi connectivity index (χ2n) is 4.16. The largest absolute Gasteiger partial charge is 0.289 e. The highest BCUT2D eigenvalue weighted by atomic mass is 16.6. The number of nitro groups is 1. The number of rotatable bonds is 4. The van der Waals surface area contributed by atoms with Crippen molar-refractivity contribution in [2.75, 3.05) is 0 Å². The highest BCUT2D eigenvalue weighted by Gasteiger charge is 2.07. The Hall–Kier alpha value is -3.09. The van der Waals surface area contributed by atoms with Gasteiger partial charge in [-0.2, -0.15) is 5.10 Å². The molecule has 2 rings (SSSR count). The highest BCUT2D eigenvalue weighted by molar-refractivity contribution is 6.00. The monoisotopic (exact) mass is 284 g/mol. The van der Waals surface area contributed by atoms with Crippen LogP contribution in [0, 0.1) is 10.1 Å². The Morgan fingerprint density at radius 2 is 1.95 bits per heavy atom. The van der Waals surface area contributed by atoms with Crippen molar-refractivity contribution in [2.45, 2.75) is 6.92 Å². The van der Waals surface area contributed by atoms with Gasteiger partial charge >= 0.3 is 0 Å². The first-order valence-corrected chi connectivity index (χ1v) is 6.08. The van der Waals surface area contributed by atoms with Gasteiger partial charge in [-0.25, -0.2) is 5.43 Å². The average Bonchev–Trinajstić information content (AvgIpc) is 2.53. The summed E-state index contributed by atoms with van der Waals surface area (Å²) in [5.74, 6) is -0.420. The van der Waals surface area contributed by atoms with Crippen LogP contribution in [0.1, 0.15) is 23.0 Å². The molecule has 21 heavy (non-hydrogen) atoms. The molecule has 0 aliphatic rings. The van der Waals surface area contributed by atoms with Gasteiger partial charge in [-0.05, 0) is 36.8 Å². The van der Waals surface area contributed by atoms with Gasteiger partial charge in [-0.1, -0.05) is 6.07 Å². The molecule has 0 saturated heterocycles. The average molecular weight is 284 g/mol. The summed E-state index contributed by atoms with van der Waals surface area (Å²) in [7, 11) is 0. The van der Waals surface area contributed by atoms with Gasteiger partial charge in [0.15, 0.2) is 0 Å². The SMILES string of the molecule is C/C(=N/NC(=O)c1ccccn1)c1ccc([N+](=O)[O-])cc1. The topological polar surface area (TPSA) is 97.5 Å². The lowest BCUT2D eigenvalue weighted by Gasteiger charge is -2.02. The van der Waals surface area contributed by atoms with E-state index in [0.29, 0.717) is 11.3 Å². The quantitative estimate of drug-likeness (QED) is 0.528. The number of carbonyl (C=O) groups excluding carboxylic acids is 1. The number of hydrogen-bond donors (Lipinski definition) is 1. The molecule has 0 aliphatic heterocycles. The lowest BCUT2D eigenvalue weighted by Crippen LogP contribution is -2.20. The van der Waals surface area contributed by atoms with Gasteiger partial charge in [0.2, 0.25) is 0 Å². The van der Waals surface area contributed by atoms with Gasteiger partial charge in [0, 0.05) is 18.3 Å². The summed E-state index contributed by atoms with van der Waals surface area (Å²) < 4.78 is 0. The first-order chi connectivity index (χ1) is 10.1. The molecule has 0 spiro atoms. The van der Waals surface area contributed by atoms with Crippen molar-refractivity contribution in [2.24, 2.45) is 5.10 Å². The zero-order chi connectivity index (χ0) is 15.2. The lowest BCUT2D eigenvalue weighted by atomic mass is 10.1. The smallest absolute Gasteiger partial charge is 0.266 e. The van der Waals surface area contributed by atoms with Crippen LogP contribution in [-0.2, 0) is 0 Å². The Morgan fingerprint density at radius 3 is 2.52 bits per heavy atom. The first kappa shape index (κ1) is 14.3. The van der Waals surface area contributed by atoms with Crippen LogP contribution in [0.15, 0.2) is 53.8 Å². The molecule has 0 fully saturated rings. The van der Waals surface area contributed by atoms with Crippen LogP contribution in [0.2, 0.25) is 0 Å². The van der Waals surface area contributed by atoms with Gasteiger partial charge in [-0.15, -0.1) is 0 Å². The summed E-state index contributed by atoms with van der Waals surface area (Å²) in [4.78, 5) is 25.8. The normalized spacial score (nSPS) is 11.0. The van der Waals surface area contributed by atoms with Gasteiger partial charge in [0.05, 0.1) is 10.6 Å². The fraction of sp³-hybridized carbons (Fsp3) is 0.0714. The van der Waals surface area contributed by atoms with E-state index in [9.17, 15) is 14.9 Å². The number of hydrogen-bond acceptors (Lipinski definition) is 5. The molecule has 106 valence electrons. The minimum Gasteiger partial charge on any atom is -0.266 e. The number of nitro benzene ring substituents is 1. The zero-order valence-corrected chi connectivity index (χ0v) is 11.2. The molecule has 0 atom stereocenters. The van der Waals surface area contributed by atoms with Crippen LogP contribution >= 0.6 is 0 Å². The van der Waals surface area contributed by atoms with E-state index in [1.165, 1.54) is 18.3 Å². The number of carbonyl (C=O) groups is 1. The maximum atomic E-state index is 11.8. The summed E-state index contributed by atoms with van der Waals surface area (Å²) in [6.07, 6.45) is 1.52. The molecule has 7 nitrogen and oxygen atoms in total. The Kier molecular flexibility index (Phi) is 4.35. The van der Waals surface area contributed by atoms with Crippen molar-refractivity contribution < 1.29 is 9.72 Å². The van der Waals surface area contributed by atoms with Crippen molar-refractivity contribution in [3.63, 3.8) is 0 Å². The van der Waals surface area contributed by atoms with Gasteiger partial charge in [0.25, 0.3) is 11.6 Å². The molecule has 0 radical (unpaired) electrons. The van der Waals surface area contributed by atoms with Gasteiger partial charge in [-0.3, -0.25) is 19.9 Å². The Balaban J connectivity index is 2.07. The maximum Gasteiger partial charge on any atom is 0.289 e. The first-order valence-electron chi connectivity index (χ1n) is 6.08. The van der Waals surface area contributed by atoms with Crippen LogP contribution in [0.4, 0.5) is 5.69 Å². The second kappa shape index (κ2) is 6.38. The predicted octanol–water partition coefficient (Wildman–Crippen LogP) is 2.14. The summed E-state index contributed by atoms with van der Waals surface area (Å²) in [6, 6.07) is 10.9. The summed E-state index contributed by atoms with van der Waals surface area (Å²) >= 11 is 0. The van der Waals surface area contributed by atoms with Crippen LogP contribution in [0.25, 0.3) is 0 Å². The lowest BCUT2D eigenvalue weighted by molar-refractivity contribution is -0.384. The number of nitrogens with zero attached hydrogens (tertiary/aromatic N) is 3. The molecule has 1 aromatic heterocycles. The molecule has 0 unspecified atom stereocenters. The third kappa shape index (κ3) is 3.69. The third-order valence-corrected chi connectivity index (χ3v) is 2.72. The number of hydrazone groups is 1. The number of non-ortho nitro benzene ring substituents is 1. The van der Waals surface area contributed by atoms with Crippen LogP contribution in [0.3, 0.4) is 0 Å². The molecule has 0 saturated carbocycles. The Morgan fingerprint density at radius 1 is 1.24 bits per heavy atom. The van der Waals surface area contributed by atoms with Crippen molar-refractivity contribution in [1.29, 1.82) is 0 Å². The van der Waals surface area contributed by atoms with E-state index in [-0.39, 0.29) is 11.4 Å². The molecule has 1 heterocycles. The minimum absolute atomic E-state index is 0.00377. The predicted molar refractivity (Wildman–Crippen MR) is 77.0 cm³/mol. The maximum absolute atomic E-state index is 11.8. The summed E-state index contributed by atoms with van der Waals surface area (Å²) in [6.45, 7) is 1.69. The standard InChI is InChI=1S/C14H12N4O3/c1-10(11-5-7-12(8-6-11)18(20)21)16-17-14(19)13-4-2-3-9-15-13/h2-9H,1H3,(H,17,19)/b16-10-. The van der Waals surface area contributed by atoms with E-state index in [4.69, 9.17) is 0 Å². The van der Waals surface area contributed by atoms with Crippen molar-refractivity contribution >= 4 is 17.3 Å². The molecule has 1 amide bonds.